The van der Waals surface area contributed by atoms with Gasteiger partial charge in [0, 0.05) is 30.4 Å². The first kappa shape index (κ1) is 18.8. The Bertz CT molecular complexity index is 844. The molecule has 1 fully saturated rings. The Morgan fingerprint density at radius 3 is 2.37 bits per heavy atom. The van der Waals surface area contributed by atoms with Gasteiger partial charge >= 0.3 is 0 Å². The van der Waals surface area contributed by atoms with Gasteiger partial charge < -0.3 is 15.0 Å². The molecule has 1 aliphatic rings. The summed E-state index contributed by atoms with van der Waals surface area (Å²) in [6.45, 7) is 1.33. The van der Waals surface area contributed by atoms with Crippen LogP contribution >= 0.6 is 0 Å². The standard InChI is InChI=1S/C19H17F3N2O3/c20-15-8-12(9-16(21)18(15)22)19(26)23-13-4-3-5-14(10-13)27-11-17(25)24-6-1-2-7-24/h3-5,8-10H,1-2,6-7,11H2,(H,23,26). The van der Waals surface area contributed by atoms with Crippen LogP contribution in [-0.4, -0.2) is 36.4 Å². The van der Waals surface area contributed by atoms with Gasteiger partial charge in [-0.05, 0) is 37.1 Å². The maximum atomic E-state index is 13.3. The number of benzene rings is 2. The minimum atomic E-state index is -1.63. The van der Waals surface area contributed by atoms with E-state index >= 15 is 0 Å². The summed E-state index contributed by atoms with van der Waals surface area (Å²) in [5.74, 6) is -5.09. The van der Waals surface area contributed by atoms with Crippen molar-refractivity contribution < 1.29 is 27.5 Å². The summed E-state index contributed by atoms with van der Waals surface area (Å²) in [6, 6.07) is 7.46. The third-order valence-corrected chi connectivity index (χ3v) is 4.16. The van der Waals surface area contributed by atoms with Crippen LogP contribution in [0.3, 0.4) is 0 Å². The normalized spacial score (nSPS) is 13.5. The van der Waals surface area contributed by atoms with Crippen molar-refractivity contribution in [2.45, 2.75) is 12.8 Å². The van der Waals surface area contributed by atoms with Crippen molar-refractivity contribution in [2.75, 3.05) is 25.0 Å². The highest BCUT2D eigenvalue weighted by Gasteiger charge is 2.18. The van der Waals surface area contributed by atoms with E-state index < -0.39 is 23.4 Å². The minimum Gasteiger partial charge on any atom is -0.484 e. The molecule has 0 spiro atoms. The summed E-state index contributed by atoms with van der Waals surface area (Å²) >= 11 is 0. The van der Waals surface area contributed by atoms with Crippen molar-refractivity contribution >= 4 is 17.5 Å². The zero-order chi connectivity index (χ0) is 19.4. The predicted octanol–water partition coefficient (Wildman–Crippen LogP) is 3.36. The summed E-state index contributed by atoms with van der Waals surface area (Å²) < 4.78 is 44.9. The molecule has 1 aliphatic heterocycles. The Morgan fingerprint density at radius 1 is 1.04 bits per heavy atom. The fourth-order valence-electron chi connectivity index (χ4n) is 2.76. The summed E-state index contributed by atoms with van der Waals surface area (Å²) in [5, 5.41) is 2.45. The number of likely N-dealkylation sites (tertiary alicyclic amines) is 1. The van der Waals surface area contributed by atoms with E-state index in [0.29, 0.717) is 23.6 Å². The number of carbonyl (C=O) groups is 2. The summed E-state index contributed by atoms with van der Waals surface area (Å²) in [7, 11) is 0. The molecule has 142 valence electrons. The van der Waals surface area contributed by atoms with Gasteiger partial charge in [-0.2, -0.15) is 0 Å². The van der Waals surface area contributed by atoms with Crippen LogP contribution in [-0.2, 0) is 4.79 Å². The molecule has 3 rings (SSSR count). The van der Waals surface area contributed by atoms with E-state index in [1.54, 1.807) is 23.1 Å². The van der Waals surface area contributed by atoms with Gasteiger partial charge in [-0.1, -0.05) is 6.07 Å². The average molecular weight is 378 g/mol. The third kappa shape index (κ3) is 4.58. The second-order valence-electron chi connectivity index (χ2n) is 6.11. The van der Waals surface area contributed by atoms with E-state index in [9.17, 15) is 22.8 Å². The maximum absolute atomic E-state index is 13.3. The molecule has 0 unspecified atom stereocenters. The lowest BCUT2D eigenvalue weighted by molar-refractivity contribution is -0.132. The molecule has 0 saturated carbocycles. The first-order valence-corrected chi connectivity index (χ1v) is 8.40. The highest BCUT2D eigenvalue weighted by Crippen LogP contribution is 2.20. The highest BCUT2D eigenvalue weighted by molar-refractivity contribution is 6.04. The average Bonchev–Trinajstić information content (AvgIpc) is 3.19. The lowest BCUT2D eigenvalue weighted by atomic mass is 10.2. The molecule has 1 N–H and O–H groups in total. The lowest BCUT2D eigenvalue weighted by Gasteiger charge is -2.15. The van der Waals surface area contributed by atoms with Gasteiger partial charge in [0.25, 0.3) is 11.8 Å². The van der Waals surface area contributed by atoms with Crippen LogP contribution in [0.4, 0.5) is 18.9 Å². The topological polar surface area (TPSA) is 58.6 Å². The summed E-state index contributed by atoms with van der Waals surface area (Å²) in [6.07, 6.45) is 1.97. The number of rotatable bonds is 5. The molecule has 0 bridgehead atoms. The van der Waals surface area contributed by atoms with E-state index in [0.717, 1.165) is 25.9 Å². The third-order valence-electron chi connectivity index (χ3n) is 4.16. The van der Waals surface area contributed by atoms with Gasteiger partial charge in [-0.15, -0.1) is 0 Å². The summed E-state index contributed by atoms with van der Waals surface area (Å²) in [4.78, 5) is 25.8. The Labute approximate surface area is 153 Å². The first-order valence-electron chi connectivity index (χ1n) is 8.40. The monoisotopic (exact) mass is 378 g/mol. The largest absolute Gasteiger partial charge is 0.484 e. The SMILES string of the molecule is O=C(Nc1cccc(OCC(=O)N2CCCC2)c1)c1cc(F)c(F)c(F)c1. The first-order chi connectivity index (χ1) is 12.9. The zero-order valence-electron chi connectivity index (χ0n) is 14.3. The number of nitrogens with one attached hydrogen (secondary N) is 1. The minimum absolute atomic E-state index is 0.112. The molecule has 8 heteroatoms. The van der Waals surface area contributed by atoms with Crippen molar-refractivity contribution in [3.8, 4) is 5.75 Å². The molecule has 27 heavy (non-hydrogen) atoms. The van der Waals surface area contributed by atoms with Crippen molar-refractivity contribution in [3.63, 3.8) is 0 Å². The quantitative estimate of drug-likeness (QED) is 0.812. The van der Waals surface area contributed by atoms with Gasteiger partial charge in [0.2, 0.25) is 0 Å². The van der Waals surface area contributed by atoms with Crippen LogP contribution < -0.4 is 10.1 Å². The Balaban J connectivity index is 1.63. The van der Waals surface area contributed by atoms with E-state index in [4.69, 9.17) is 4.74 Å². The van der Waals surface area contributed by atoms with Gasteiger partial charge in [-0.25, -0.2) is 13.2 Å². The second-order valence-corrected chi connectivity index (χ2v) is 6.11. The van der Waals surface area contributed by atoms with Crippen LogP contribution in [0.2, 0.25) is 0 Å². The number of anilines is 1. The highest BCUT2D eigenvalue weighted by atomic mass is 19.2. The van der Waals surface area contributed by atoms with Gasteiger partial charge in [-0.3, -0.25) is 9.59 Å². The molecule has 0 radical (unpaired) electrons. The number of hydrogen-bond acceptors (Lipinski definition) is 3. The number of amides is 2. The molecule has 2 aromatic carbocycles. The molecular formula is C19H17F3N2O3. The molecule has 2 aromatic rings. The van der Waals surface area contributed by atoms with Crippen molar-refractivity contribution in [3.05, 3.63) is 59.4 Å². The molecular weight excluding hydrogens is 361 g/mol. The van der Waals surface area contributed by atoms with Crippen LogP contribution in [0.5, 0.6) is 5.75 Å². The molecule has 0 aromatic heterocycles. The van der Waals surface area contributed by atoms with E-state index in [1.807, 2.05) is 0 Å². The maximum Gasteiger partial charge on any atom is 0.260 e. The van der Waals surface area contributed by atoms with E-state index in [1.165, 1.54) is 6.07 Å². The molecule has 1 heterocycles. The fourth-order valence-corrected chi connectivity index (χ4v) is 2.76. The van der Waals surface area contributed by atoms with Crippen LogP contribution in [0, 0.1) is 17.5 Å². The van der Waals surface area contributed by atoms with Crippen molar-refractivity contribution in [1.82, 2.24) is 4.90 Å². The Hall–Kier alpha value is -3.03. The van der Waals surface area contributed by atoms with Crippen LogP contribution in [0.25, 0.3) is 0 Å². The molecule has 5 nitrogen and oxygen atoms in total. The fraction of sp³-hybridized carbons (Fsp3) is 0.263. The van der Waals surface area contributed by atoms with Gasteiger partial charge in [0.05, 0.1) is 0 Å². The van der Waals surface area contributed by atoms with Gasteiger partial charge in [0.15, 0.2) is 24.1 Å². The Kier molecular flexibility index (Phi) is 5.63. The molecule has 2 amide bonds. The van der Waals surface area contributed by atoms with Crippen LogP contribution in [0.1, 0.15) is 23.2 Å². The zero-order valence-corrected chi connectivity index (χ0v) is 14.3. The lowest BCUT2D eigenvalue weighted by Crippen LogP contribution is -2.32. The van der Waals surface area contributed by atoms with E-state index in [2.05, 4.69) is 5.32 Å². The predicted molar refractivity (Wildman–Crippen MR) is 92.0 cm³/mol. The van der Waals surface area contributed by atoms with Crippen molar-refractivity contribution in [2.24, 2.45) is 0 Å². The second kappa shape index (κ2) is 8.11. The van der Waals surface area contributed by atoms with E-state index in [-0.39, 0.29) is 18.1 Å². The number of carbonyl (C=O) groups excluding carboxylic acids is 2. The van der Waals surface area contributed by atoms with Crippen LogP contribution in [0.15, 0.2) is 36.4 Å². The number of ether oxygens (including phenoxy) is 1. The summed E-state index contributed by atoms with van der Waals surface area (Å²) in [5.41, 5.74) is -0.0572. The van der Waals surface area contributed by atoms with Crippen molar-refractivity contribution in [1.29, 1.82) is 0 Å². The molecule has 0 aliphatic carbocycles. The van der Waals surface area contributed by atoms with Gasteiger partial charge in [0.1, 0.15) is 5.75 Å². The molecule has 1 saturated heterocycles. The Morgan fingerprint density at radius 2 is 1.70 bits per heavy atom. The number of hydrogen-bond donors (Lipinski definition) is 1. The molecule has 0 atom stereocenters. The smallest absolute Gasteiger partial charge is 0.260 e. The number of nitrogens with zero attached hydrogens (tertiary/aromatic N) is 1. The number of halogens is 3.